The molecular weight excluding hydrogens is 384 g/mol. The van der Waals surface area contributed by atoms with Crippen molar-refractivity contribution >= 4 is 12.7 Å². The zero-order chi connectivity index (χ0) is 21.6. The molecule has 1 saturated heterocycles. The summed E-state index contributed by atoms with van der Waals surface area (Å²) in [7, 11) is 0. The summed E-state index contributed by atoms with van der Waals surface area (Å²) in [6.45, 7) is 3.82. The van der Waals surface area contributed by atoms with Crippen LogP contribution in [0.15, 0.2) is 48.5 Å². The zero-order valence-electron chi connectivity index (χ0n) is 16.0. The molecule has 0 atom stereocenters. The van der Waals surface area contributed by atoms with Crippen molar-refractivity contribution in [1.82, 2.24) is 4.90 Å². The molecular formula is C21H25F2NO5. The number of phenols is 1. The number of nitrogens with zero attached hydrogens (tertiary/aromatic N) is 1. The molecule has 1 fully saturated rings. The van der Waals surface area contributed by atoms with Crippen LogP contribution in [0, 0.1) is 0 Å². The van der Waals surface area contributed by atoms with Gasteiger partial charge < -0.3 is 24.6 Å². The number of para-hydroxylation sites is 1. The van der Waals surface area contributed by atoms with Gasteiger partial charge in [0.25, 0.3) is 12.3 Å². The van der Waals surface area contributed by atoms with E-state index >= 15 is 0 Å². The van der Waals surface area contributed by atoms with E-state index in [1.165, 1.54) is 24.3 Å². The highest BCUT2D eigenvalue weighted by molar-refractivity contribution is 5.78. The van der Waals surface area contributed by atoms with E-state index in [4.69, 9.17) is 19.7 Å². The lowest BCUT2D eigenvalue weighted by atomic mass is 10.2. The summed E-state index contributed by atoms with van der Waals surface area (Å²) >= 11 is 0. The Morgan fingerprint density at radius 1 is 1.07 bits per heavy atom. The van der Waals surface area contributed by atoms with Gasteiger partial charge >= 0.3 is 0 Å². The number of ether oxygens (including phenoxy) is 1. The first-order valence-corrected chi connectivity index (χ1v) is 8.96. The Morgan fingerprint density at radius 2 is 1.66 bits per heavy atom. The number of aromatic hydroxyl groups is 1. The zero-order valence-corrected chi connectivity index (χ0v) is 16.0. The van der Waals surface area contributed by atoms with Gasteiger partial charge in [-0.3, -0.25) is 4.79 Å². The van der Waals surface area contributed by atoms with Crippen LogP contribution >= 0.6 is 0 Å². The van der Waals surface area contributed by atoms with Gasteiger partial charge in [0, 0.05) is 13.1 Å². The number of hydrogen-bond donors (Lipinski definition) is 2. The summed E-state index contributed by atoms with van der Waals surface area (Å²) < 4.78 is 29.1. The van der Waals surface area contributed by atoms with Crippen molar-refractivity contribution in [3.63, 3.8) is 0 Å². The maximum absolute atomic E-state index is 11.9. The van der Waals surface area contributed by atoms with Gasteiger partial charge in [0.2, 0.25) is 0 Å². The van der Waals surface area contributed by atoms with E-state index in [0.717, 1.165) is 31.5 Å². The average Bonchev–Trinajstić information content (AvgIpc) is 3.29. The fourth-order valence-electron chi connectivity index (χ4n) is 2.57. The molecule has 1 aliphatic rings. The number of hydrogen-bond acceptors (Lipinski definition) is 5. The van der Waals surface area contributed by atoms with Crippen LogP contribution in [0.2, 0.25) is 0 Å². The quantitative estimate of drug-likeness (QED) is 0.791. The number of alkyl halides is 2. The van der Waals surface area contributed by atoms with Gasteiger partial charge in [-0.05, 0) is 42.7 Å². The van der Waals surface area contributed by atoms with E-state index in [1.54, 1.807) is 24.3 Å². The summed E-state index contributed by atoms with van der Waals surface area (Å²) in [5.41, 5.74) is 0.519. The molecule has 0 bridgehead atoms. The van der Waals surface area contributed by atoms with Gasteiger partial charge in [0.1, 0.15) is 18.3 Å². The lowest BCUT2D eigenvalue weighted by molar-refractivity contribution is -0.132. The smallest absolute Gasteiger partial charge is 0.267 e. The lowest BCUT2D eigenvalue weighted by Gasteiger charge is -2.15. The molecule has 6 nitrogen and oxygen atoms in total. The number of amides is 1. The minimum atomic E-state index is -2.60. The van der Waals surface area contributed by atoms with Gasteiger partial charge in [-0.1, -0.05) is 24.3 Å². The molecule has 2 aromatic carbocycles. The Hall–Kier alpha value is -3.00. The Balaban J connectivity index is 0.000000299. The van der Waals surface area contributed by atoms with Crippen molar-refractivity contribution in [3.8, 4) is 11.5 Å². The minimum Gasteiger partial charge on any atom is -0.507 e. The molecule has 0 saturated carbocycles. The minimum absolute atomic E-state index is 0.0208. The van der Waals surface area contributed by atoms with E-state index in [-0.39, 0.29) is 30.4 Å². The molecule has 1 aliphatic heterocycles. The first kappa shape index (κ1) is 24.0. The van der Waals surface area contributed by atoms with Crippen molar-refractivity contribution in [2.24, 2.45) is 0 Å². The molecule has 0 aliphatic carbocycles. The number of aliphatic hydroxyl groups is 1. The van der Waals surface area contributed by atoms with Crippen LogP contribution < -0.4 is 4.74 Å². The number of phenolic OH excluding ortho intramolecular Hbond substituents is 1. The second-order valence-electron chi connectivity index (χ2n) is 6.04. The van der Waals surface area contributed by atoms with E-state index in [0.29, 0.717) is 5.75 Å². The highest BCUT2D eigenvalue weighted by Gasteiger charge is 2.17. The number of aliphatic hydroxyl groups excluding tert-OH is 1. The molecule has 1 heterocycles. The van der Waals surface area contributed by atoms with Crippen molar-refractivity contribution < 1.29 is 33.3 Å². The molecule has 29 heavy (non-hydrogen) atoms. The predicted molar refractivity (Wildman–Crippen MR) is 104 cm³/mol. The average molecular weight is 409 g/mol. The normalized spacial score (nSPS) is 12.5. The summed E-state index contributed by atoms with van der Waals surface area (Å²) in [4.78, 5) is 21.5. The van der Waals surface area contributed by atoms with Crippen LogP contribution in [0.5, 0.6) is 11.5 Å². The topological polar surface area (TPSA) is 87.1 Å². The highest BCUT2D eigenvalue weighted by Crippen LogP contribution is 2.26. The summed E-state index contributed by atoms with van der Waals surface area (Å²) in [5, 5.41) is 17.7. The predicted octanol–water partition coefficient (Wildman–Crippen LogP) is 3.33. The van der Waals surface area contributed by atoms with Gasteiger partial charge in [0.15, 0.2) is 6.61 Å². The third-order valence-electron chi connectivity index (χ3n) is 4.10. The van der Waals surface area contributed by atoms with Crippen molar-refractivity contribution in [2.75, 3.05) is 19.7 Å². The van der Waals surface area contributed by atoms with Crippen LogP contribution in [0.25, 0.3) is 0 Å². The van der Waals surface area contributed by atoms with Crippen molar-refractivity contribution in [2.45, 2.75) is 25.9 Å². The van der Waals surface area contributed by atoms with Crippen LogP contribution in [-0.2, 0) is 16.2 Å². The van der Waals surface area contributed by atoms with Crippen LogP contribution in [0.4, 0.5) is 8.78 Å². The molecule has 2 aromatic rings. The summed E-state index contributed by atoms with van der Waals surface area (Å²) in [6, 6.07) is 12.5. The third kappa shape index (κ3) is 8.27. The fourth-order valence-corrected chi connectivity index (χ4v) is 2.57. The largest absolute Gasteiger partial charge is 0.507 e. The second-order valence-corrected chi connectivity index (χ2v) is 6.04. The van der Waals surface area contributed by atoms with Crippen LogP contribution in [0.3, 0.4) is 0 Å². The third-order valence-corrected chi connectivity index (χ3v) is 4.10. The van der Waals surface area contributed by atoms with E-state index in [2.05, 4.69) is 0 Å². The molecule has 158 valence electrons. The second kappa shape index (κ2) is 13.2. The molecule has 0 unspecified atom stereocenters. The molecule has 0 spiro atoms. The number of carbonyl (C=O) groups excluding carboxylic acids is 2. The number of benzene rings is 2. The molecule has 2 N–H and O–H groups in total. The fraction of sp³-hybridized carbons (Fsp3) is 0.333. The Morgan fingerprint density at radius 3 is 2.14 bits per heavy atom. The first-order chi connectivity index (χ1) is 14.0. The maximum Gasteiger partial charge on any atom is 0.267 e. The molecule has 8 heteroatoms. The van der Waals surface area contributed by atoms with E-state index in [9.17, 15) is 13.6 Å². The first-order valence-electron chi connectivity index (χ1n) is 8.96. The van der Waals surface area contributed by atoms with Gasteiger partial charge in [-0.25, -0.2) is 8.78 Å². The summed E-state index contributed by atoms with van der Waals surface area (Å²) in [6.07, 6.45) is -0.408. The highest BCUT2D eigenvalue weighted by atomic mass is 19.3. The number of likely N-dealkylation sites (tertiary alicyclic amines) is 1. The molecule has 0 radical (unpaired) electrons. The molecule has 0 aromatic heterocycles. The van der Waals surface area contributed by atoms with Gasteiger partial charge in [-0.2, -0.15) is 0 Å². The maximum atomic E-state index is 11.9. The summed E-state index contributed by atoms with van der Waals surface area (Å²) in [5.74, 6) is 0.362. The lowest BCUT2D eigenvalue weighted by Crippen LogP contribution is -2.32. The van der Waals surface area contributed by atoms with E-state index < -0.39 is 6.43 Å². The van der Waals surface area contributed by atoms with Crippen LogP contribution in [-0.4, -0.2) is 47.5 Å². The Labute approximate surface area is 168 Å². The van der Waals surface area contributed by atoms with Crippen molar-refractivity contribution in [3.05, 3.63) is 59.7 Å². The van der Waals surface area contributed by atoms with Crippen molar-refractivity contribution in [1.29, 1.82) is 0 Å². The Bertz CT molecular complexity index is 734. The number of rotatable bonds is 5. The van der Waals surface area contributed by atoms with Gasteiger partial charge in [0.05, 0.1) is 12.2 Å². The van der Waals surface area contributed by atoms with E-state index in [1.807, 2.05) is 11.7 Å². The monoisotopic (exact) mass is 409 g/mol. The number of halogens is 2. The number of carbonyl (C=O) groups is 2. The van der Waals surface area contributed by atoms with Gasteiger partial charge in [-0.15, -0.1) is 0 Å². The Kier molecular flexibility index (Phi) is 11.0. The molecule has 1 amide bonds. The standard InChI is InChI=1S/C13H17NO3.C7H6F2O.CH2O/c15-9-11-3-5-12(6-4-11)17-10-13(16)14-7-1-2-8-14;8-7(9)5-3-1-2-4-6(5)10;1-2/h3-6,15H,1-2,7-10H2;1-4,7,10H;1H2. The SMILES string of the molecule is C=O.O=C(COc1ccc(CO)cc1)N1CCCC1.Oc1ccccc1C(F)F. The molecule has 3 rings (SSSR count). The van der Waals surface area contributed by atoms with Crippen LogP contribution in [0.1, 0.15) is 30.4 Å².